The van der Waals surface area contributed by atoms with Crippen molar-refractivity contribution in [2.45, 2.75) is 83.8 Å². The van der Waals surface area contributed by atoms with Gasteiger partial charge in [-0.05, 0) is 75.6 Å². The smallest absolute Gasteiger partial charge is 0.410 e. The van der Waals surface area contributed by atoms with Crippen LogP contribution in [0, 0.1) is 0 Å². The Labute approximate surface area is 240 Å². The predicted octanol–water partition coefficient (Wildman–Crippen LogP) is 4.15. The first-order valence-corrected chi connectivity index (χ1v) is 14.0. The number of ether oxygens (including phenoxy) is 3. The highest BCUT2D eigenvalue weighted by molar-refractivity contribution is 6.05. The van der Waals surface area contributed by atoms with Crippen molar-refractivity contribution in [2.75, 3.05) is 13.7 Å². The first kappa shape index (κ1) is 28.4. The maximum Gasteiger partial charge on any atom is 0.410 e. The minimum Gasteiger partial charge on any atom is -0.497 e. The second-order valence-corrected chi connectivity index (χ2v) is 11.8. The van der Waals surface area contributed by atoms with Gasteiger partial charge in [-0.15, -0.1) is 0 Å². The fourth-order valence-electron chi connectivity index (χ4n) is 5.66. The lowest BCUT2D eigenvalue weighted by Crippen LogP contribution is -2.54. The SMILES string of the molecule is COc1ccc(CN2C(=O)CCC(N3Cc4cc(O[C@H]5CCN(C(=O)OC(C)(C)C)[C@@H]5C)ccc4C3=O)C2=O)cc1. The van der Waals surface area contributed by atoms with Crippen molar-refractivity contribution in [3.63, 3.8) is 0 Å². The highest BCUT2D eigenvalue weighted by Gasteiger charge is 2.43. The Kier molecular flexibility index (Phi) is 7.68. The van der Waals surface area contributed by atoms with E-state index in [4.69, 9.17) is 14.2 Å². The number of benzene rings is 2. The second-order valence-electron chi connectivity index (χ2n) is 11.8. The molecule has 3 aliphatic heterocycles. The summed E-state index contributed by atoms with van der Waals surface area (Å²) in [6, 6.07) is 11.6. The van der Waals surface area contributed by atoms with Gasteiger partial charge in [0.15, 0.2) is 0 Å². The average molecular weight is 564 g/mol. The first-order chi connectivity index (χ1) is 19.4. The molecule has 3 atom stereocenters. The third kappa shape index (κ3) is 5.87. The van der Waals surface area contributed by atoms with Gasteiger partial charge < -0.3 is 24.0 Å². The summed E-state index contributed by atoms with van der Waals surface area (Å²) in [5.41, 5.74) is 1.53. The number of carbonyl (C=O) groups excluding carboxylic acids is 4. The van der Waals surface area contributed by atoms with E-state index in [0.717, 1.165) is 11.1 Å². The molecule has 2 fully saturated rings. The highest BCUT2D eigenvalue weighted by Crippen LogP contribution is 2.33. The Bertz CT molecular complexity index is 1350. The number of rotatable bonds is 6. The lowest BCUT2D eigenvalue weighted by molar-refractivity contribution is -0.153. The minimum absolute atomic E-state index is 0.144. The second kappa shape index (κ2) is 11.1. The highest BCUT2D eigenvalue weighted by atomic mass is 16.6. The molecule has 0 bridgehead atoms. The van der Waals surface area contributed by atoms with Crippen molar-refractivity contribution in [3.8, 4) is 11.5 Å². The minimum atomic E-state index is -0.715. The number of amides is 4. The van der Waals surface area contributed by atoms with E-state index >= 15 is 0 Å². The number of hydrogen-bond donors (Lipinski definition) is 0. The molecule has 41 heavy (non-hydrogen) atoms. The fourth-order valence-corrected chi connectivity index (χ4v) is 5.66. The van der Waals surface area contributed by atoms with Crippen LogP contribution in [0.2, 0.25) is 0 Å². The van der Waals surface area contributed by atoms with Crippen LogP contribution in [0.4, 0.5) is 4.79 Å². The molecule has 0 aromatic heterocycles. The topological polar surface area (TPSA) is 106 Å². The number of piperidine rings is 1. The summed E-state index contributed by atoms with van der Waals surface area (Å²) in [5.74, 6) is 0.459. The molecule has 5 rings (SSSR count). The van der Waals surface area contributed by atoms with Crippen LogP contribution in [-0.2, 0) is 27.4 Å². The van der Waals surface area contributed by atoms with Crippen LogP contribution < -0.4 is 9.47 Å². The van der Waals surface area contributed by atoms with Crippen molar-refractivity contribution < 1.29 is 33.4 Å². The average Bonchev–Trinajstić information content (AvgIpc) is 3.45. The molecule has 2 saturated heterocycles. The number of fused-ring (bicyclic) bond motifs is 1. The summed E-state index contributed by atoms with van der Waals surface area (Å²) in [7, 11) is 1.58. The van der Waals surface area contributed by atoms with Crippen molar-refractivity contribution in [1.82, 2.24) is 14.7 Å². The Morgan fingerprint density at radius 3 is 2.39 bits per heavy atom. The maximum atomic E-state index is 13.5. The van der Waals surface area contributed by atoms with Crippen molar-refractivity contribution in [1.29, 1.82) is 0 Å². The molecular weight excluding hydrogens is 526 g/mol. The van der Waals surface area contributed by atoms with E-state index < -0.39 is 11.6 Å². The molecule has 4 amide bonds. The molecule has 3 aliphatic rings. The van der Waals surface area contributed by atoms with Crippen molar-refractivity contribution in [2.24, 2.45) is 0 Å². The third-order valence-corrected chi connectivity index (χ3v) is 7.87. The van der Waals surface area contributed by atoms with E-state index in [-0.39, 0.29) is 55.5 Å². The van der Waals surface area contributed by atoms with E-state index in [2.05, 4.69) is 0 Å². The van der Waals surface area contributed by atoms with Gasteiger partial charge in [0.25, 0.3) is 11.8 Å². The monoisotopic (exact) mass is 563 g/mol. The van der Waals surface area contributed by atoms with E-state index in [1.807, 2.05) is 45.9 Å². The summed E-state index contributed by atoms with van der Waals surface area (Å²) >= 11 is 0. The molecule has 2 aromatic carbocycles. The number of methoxy groups -OCH3 is 1. The molecule has 10 nitrogen and oxygen atoms in total. The normalized spacial score (nSPS) is 22.7. The number of imide groups is 1. The van der Waals surface area contributed by atoms with Gasteiger partial charge in [0.05, 0.1) is 19.7 Å². The third-order valence-electron chi connectivity index (χ3n) is 7.87. The number of carbonyl (C=O) groups is 4. The standard InChI is InChI=1S/C31H37N3O7/c1-19-26(14-15-32(19)30(38)41-31(2,3)4)40-23-10-11-24-21(16-23)18-33(28(24)36)25-12-13-27(35)34(29(25)37)17-20-6-8-22(39-5)9-7-20/h6-11,16,19,25-26H,12-15,17-18H2,1-5H3/t19-,25?,26+/m1/s1. The van der Waals surface area contributed by atoms with E-state index in [9.17, 15) is 19.2 Å². The Hall–Kier alpha value is -4.08. The van der Waals surface area contributed by atoms with Crippen LogP contribution in [0.15, 0.2) is 42.5 Å². The van der Waals surface area contributed by atoms with E-state index in [0.29, 0.717) is 36.4 Å². The molecule has 218 valence electrons. The van der Waals surface area contributed by atoms with E-state index in [1.165, 1.54) is 4.90 Å². The van der Waals surface area contributed by atoms with Gasteiger partial charge in [-0.2, -0.15) is 0 Å². The van der Waals surface area contributed by atoms with Gasteiger partial charge in [0.2, 0.25) is 5.91 Å². The van der Waals surface area contributed by atoms with Gasteiger partial charge in [0, 0.05) is 31.5 Å². The molecule has 2 aromatic rings. The Balaban J connectivity index is 1.25. The van der Waals surface area contributed by atoms with Crippen LogP contribution in [0.3, 0.4) is 0 Å². The molecule has 0 N–H and O–H groups in total. The van der Waals surface area contributed by atoms with E-state index in [1.54, 1.807) is 41.2 Å². The first-order valence-electron chi connectivity index (χ1n) is 14.0. The largest absolute Gasteiger partial charge is 0.497 e. The summed E-state index contributed by atoms with van der Waals surface area (Å²) < 4.78 is 17.0. The van der Waals surface area contributed by atoms with Gasteiger partial charge in [-0.1, -0.05) is 12.1 Å². The maximum absolute atomic E-state index is 13.5. The number of likely N-dealkylation sites (tertiary alicyclic amines) is 2. The molecule has 10 heteroatoms. The Morgan fingerprint density at radius 2 is 1.71 bits per heavy atom. The molecule has 0 saturated carbocycles. The molecular formula is C31H37N3O7. The fraction of sp³-hybridized carbons (Fsp3) is 0.484. The molecule has 0 aliphatic carbocycles. The zero-order chi connectivity index (χ0) is 29.5. The van der Waals surface area contributed by atoms with Gasteiger partial charge in [-0.3, -0.25) is 19.3 Å². The molecule has 1 unspecified atom stereocenters. The summed E-state index contributed by atoms with van der Waals surface area (Å²) in [6.45, 7) is 8.40. The van der Waals surface area contributed by atoms with Crippen LogP contribution >= 0.6 is 0 Å². The number of hydrogen-bond acceptors (Lipinski definition) is 7. The molecule has 3 heterocycles. The Morgan fingerprint density at radius 1 is 1.00 bits per heavy atom. The lowest BCUT2D eigenvalue weighted by atomic mass is 10.0. The van der Waals surface area contributed by atoms with Crippen molar-refractivity contribution in [3.05, 3.63) is 59.2 Å². The molecule has 0 radical (unpaired) electrons. The van der Waals surface area contributed by atoms with Crippen LogP contribution in [-0.4, -0.2) is 76.0 Å². The summed E-state index contributed by atoms with van der Waals surface area (Å²) in [5, 5.41) is 0. The molecule has 0 spiro atoms. The zero-order valence-corrected chi connectivity index (χ0v) is 24.2. The van der Waals surface area contributed by atoms with Crippen molar-refractivity contribution >= 4 is 23.8 Å². The summed E-state index contributed by atoms with van der Waals surface area (Å²) in [6.07, 6.45) is 0.570. The summed E-state index contributed by atoms with van der Waals surface area (Å²) in [4.78, 5) is 56.6. The zero-order valence-electron chi connectivity index (χ0n) is 24.2. The number of nitrogens with zero attached hydrogens (tertiary/aromatic N) is 3. The van der Waals surface area contributed by atoms with Crippen LogP contribution in [0.5, 0.6) is 11.5 Å². The van der Waals surface area contributed by atoms with Gasteiger partial charge in [-0.25, -0.2) is 4.79 Å². The quantitative estimate of drug-likeness (QED) is 0.487. The van der Waals surface area contributed by atoms with Gasteiger partial charge >= 0.3 is 6.09 Å². The lowest BCUT2D eigenvalue weighted by Gasteiger charge is -2.35. The van der Waals surface area contributed by atoms with Crippen LogP contribution in [0.25, 0.3) is 0 Å². The van der Waals surface area contributed by atoms with Crippen LogP contribution in [0.1, 0.15) is 68.4 Å². The van der Waals surface area contributed by atoms with Gasteiger partial charge in [0.1, 0.15) is 29.2 Å². The predicted molar refractivity (Wildman–Crippen MR) is 149 cm³/mol.